The van der Waals surface area contributed by atoms with Gasteiger partial charge in [0.2, 0.25) is 5.91 Å². The van der Waals surface area contributed by atoms with Crippen molar-refractivity contribution in [2.45, 2.75) is 33.7 Å². The average molecular weight is 175 g/mol. The van der Waals surface area contributed by atoms with Crippen LogP contribution in [0.2, 0.25) is 0 Å². The lowest BCUT2D eigenvalue weighted by Crippen LogP contribution is -2.44. The Balaban J connectivity index is 4.07. The first-order valence-electron chi connectivity index (χ1n) is 3.76. The van der Waals surface area contributed by atoms with E-state index >= 15 is 0 Å². The van der Waals surface area contributed by atoms with Crippen molar-refractivity contribution in [3.8, 4) is 0 Å². The van der Waals surface area contributed by atoms with Crippen LogP contribution >= 0.6 is 12.6 Å². The maximum atomic E-state index is 10.7. The molecule has 1 atom stereocenters. The van der Waals surface area contributed by atoms with E-state index in [1.54, 1.807) is 0 Å². The summed E-state index contributed by atoms with van der Waals surface area (Å²) < 4.78 is 0. The van der Waals surface area contributed by atoms with Gasteiger partial charge in [0.15, 0.2) is 0 Å². The van der Waals surface area contributed by atoms with Gasteiger partial charge in [0.05, 0.1) is 0 Å². The molecule has 3 heteroatoms. The normalized spacial score (nSPS) is 14.3. The standard InChI is InChI=1S/C8H17NOS/c1-6(10)9-7(5-11)8(2,3)4/h7,11H,5H2,1-4H3,(H,9,10). The average Bonchev–Trinajstić information content (AvgIpc) is 1.79. The Morgan fingerprint density at radius 3 is 2.09 bits per heavy atom. The fraction of sp³-hybridized carbons (Fsp3) is 0.875. The molecule has 0 bridgehead atoms. The summed E-state index contributed by atoms with van der Waals surface area (Å²) in [5.41, 5.74) is 0.0907. The molecular weight excluding hydrogens is 158 g/mol. The van der Waals surface area contributed by atoms with Crippen molar-refractivity contribution in [3.63, 3.8) is 0 Å². The molecule has 0 rings (SSSR count). The van der Waals surface area contributed by atoms with Crippen LogP contribution in [0.1, 0.15) is 27.7 Å². The molecular formula is C8H17NOS. The molecule has 0 saturated heterocycles. The summed E-state index contributed by atoms with van der Waals surface area (Å²) in [5.74, 6) is 0.697. The van der Waals surface area contributed by atoms with Gasteiger partial charge in [0.25, 0.3) is 0 Å². The van der Waals surface area contributed by atoms with Gasteiger partial charge in [-0.1, -0.05) is 20.8 Å². The maximum absolute atomic E-state index is 10.7. The number of hydrogen-bond donors (Lipinski definition) is 2. The Morgan fingerprint density at radius 2 is 2.00 bits per heavy atom. The second kappa shape index (κ2) is 4.00. The molecule has 0 aromatic heterocycles. The Morgan fingerprint density at radius 1 is 1.55 bits per heavy atom. The van der Waals surface area contributed by atoms with E-state index in [-0.39, 0.29) is 17.4 Å². The number of thiol groups is 1. The van der Waals surface area contributed by atoms with E-state index in [0.29, 0.717) is 5.75 Å². The lowest BCUT2D eigenvalue weighted by molar-refractivity contribution is -0.120. The number of nitrogens with one attached hydrogen (secondary N) is 1. The van der Waals surface area contributed by atoms with E-state index in [1.807, 2.05) is 0 Å². The molecule has 1 amide bonds. The molecule has 0 heterocycles. The minimum atomic E-state index is 0.0129. The first-order chi connectivity index (χ1) is 4.88. The highest BCUT2D eigenvalue weighted by atomic mass is 32.1. The molecule has 1 unspecified atom stereocenters. The highest BCUT2D eigenvalue weighted by Gasteiger charge is 2.23. The van der Waals surface area contributed by atoms with Crippen LogP contribution in [-0.4, -0.2) is 17.7 Å². The molecule has 66 valence electrons. The summed E-state index contributed by atoms with van der Waals surface area (Å²) in [7, 11) is 0. The summed E-state index contributed by atoms with van der Waals surface area (Å²) in [6.07, 6.45) is 0. The van der Waals surface area contributed by atoms with Gasteiger partial charge in [-0.2, -0.15) is 12.6 Å². The van der Waals surface area contributed by atoms with Crippen LogP contribution in [-0.2, 0) is 4.79 Å². The summed E-state index contributed by atoms with van der Waals surface area (Å²) in [6.45, 7) is 7.79. The minimum absolute atomic E-state index is 0.0129. The van der Waals surface area contributed by atoms with E-state index < -0.39 is 0 Å². The molecule has 1 N–H and O–H groups in total. The summed E-state index contributed by atoms with van der Waals surface area (Å²) in [4.78, 5) is 10.7. The quantitative estimate of drug-likeness (QED) is 0.611. The third kappa shape index (κ3) is 4.30. The molecule has 0 saturated carbocycles. The lowest BCUT2D eigenvalue weighted by Gasteiger charge is -2.29. The van der Waals surface area contributed by atoms with Crippen LogP contribution in [0.5, 0.6) is 0 Å². The number of carbonyl (C=O) groups is 1. The van der Waals surface area contributed by atoms with E-state index in [0.717, 1.165) is 0 Å². The van der Waals surface area contributed by atoms with Crippen molar-refractivity contribution in [2.75, 3.05) is 5.75 Å². The zero-order valence-corrected chi connectivity index (χ0v) is 8.53. The SMILES string of the molecule is CC(=O)NC(CS)C(C)(C)C. The van der Waals surface area contributed by atoms with Gasteiger partial charge < -0.3 is 5.32 Å². The van der Waals surface area contributed by atoms with Gasteiger partial charge >= 0.3 is 0 Å². The largest absolute Gasteiger partial charge is 0.352 e. The Hall–Kier alpha value is -0.180. The number of rotatable bonds is 2. The van der Waals surface area contributed by atoms with Crippen LogP contribution < -0.4 is 5.32 Å². The molecule has 0 aliphatic rings. The second-order valence-electron chi connectivity index (χ2n) is 3.80. The van der Waals surface area contributed by atoms with Gasteiger partial charge in [-0.15, -0.1) is 0 Å². The third-order valence-corrected chi connectivity index (χ3v) is 1.97. The van der Waals surface area contributed by atoms with Crippen LogP contribution in [0, 0.1) is 5.41 Å². The molecule has 0 aromatic carbocycles. The molecule has 2 nitrogen and oxygen atoms in total. The number of carbonyl (C=O) groups excluding carboxylic acids is 1. The Kier molecular flexibility index (Phi) is 3.93. The monoisotopic (exact) mass is 175 g/mol. The van der Waals surface area contributed by atoms with Crippen LogP contribution in [0.15, 0.2) is 0 Å². The van der Waals surface area contributed by atoms with Crippen LogP contribution in [0.3, 0.4) is 0 Å². The number of hydrogen-bond acceptors (Lipinski definition) is 2. The predicted molar refractivity (Wildman–Crippen MR) is 50.9 cm³/mol. The molecule has 0 spiro atoms. The van der Waals surface area contributed by atoms with Gasteiger partial charge in [0, 0.05) is 18.7 Å². The highest BCUT2D eigenvalue weighted by molar-refractivity contribution is 7.80. The van der Waals surface area contributed by atoms with Gasteiger partial charge in [-0.3, -0.25) is 4.79 Å². The van der Waals surface area contributed by atoms with Crippen LogP contribution in [0.25, 0.3) is 0 Å². The summed E-state index contributed by atoms with van der Waals surface area (Å²) in [5, 5.41) is 2.85. The molecule has 0 radical (unpaired) electrons. The first-order valence-corrected chi connectivity index (χ1v) is 4.39. The van der Waals surface area contributed by atoms with Crippen molar-refractivity contribution < 1.29 is 4.79 Å². The highest BCUT2D eigenvalue weighted by Crippen LogP contribution is 2.19. The maximum Gasteiger partial charge on any atom is 0.217 e. The lowest BCUT2D eigenvalue weighted by atomic mass is 9.88. The molecule has 11 heavy (non-hydrogen) atoms. The topological polar surface area (TPSA) is 29.1 Å². The fourth-order valence-electron chi connectivity index (χ4n) is 0.781. The van der Waals surface area contributed by atoms with Crippen molar-refractivity contribution in [1.82, 2.24) is 5.32 Å². The van der Waals surface area contributed by atoms with Gasteiger partial charge in [-0.05, 0) is 5.41 Å². The van der Waals surface area contributed by atoms with E-state index in [2.05, 4.69) is 38.7 Å². The van der Waals surface area contributed by atoms with Crippen LogP contribution in [0.4, 0.5) is 0 Å². The number of amides is 1. The van der Waals surface area contributed by atoms with E-state index in [9.17, 15) is 4.79 Å². The summed E-state index contributed by atoms with van der Waals surface area (Å²) in [6, 6.07) is 0.156. The minimum Gasteiger partial charge on any atom is -0.352 e. The van der Waals surface area contributed by atoms with E-state index in [4.69, 9.17) is 0 Å². The first kappa shape index (κ1) is 10.8. The molecule has 0 aliphatic carbocycles. The Bertz CT molecular complexity index is 140. The molecule has 0 aliphatic heterocycles. The van der Waals surface area contributed by atoms with Gasteiger partial charge in [-0.25, -0.2) is 0 Å². The Labute approximate surface area is 74.2 Å². The predicted octanol–water partition coefficient (Wildman–Crippen LogP) is 1.47. The smallest absolute Gasteiger partial charge is 0.217 e. The van der Waals surface area contributed by atoms with E-state index in [1.165, 1.54) is 6.92 Å². The van der Waals surface area contributed by atoms with Crippen molar-refractivity contribution in [2.24, 2.45) is 5.41 Å². The summed E-state index contributed by atoms with van der Waals surface area (Å²) >= 11 is 4.17. The zero-order valence-electron chi connectivity index (χ0n) is 7.64. The third-order valence-electron chi connectivity index (χ3n) is 1.61. The van der Waals surface area contributed by atoms with Crippen molar-refractivity contribution in [1.29, 1.82) is 0 Å². The fourth-order valence-corrected chi connectivity index (χ4v) is 1.42. The molecule has 0 fully saturated rings. The van der Waals surface area contributed by atoms with Crippen molar-refractivity contribution in [3.05, 3.63) is 0 Å². The van der Waals surface area contributed by atoms with Gasteiger partial charge in [0.1, 0.15) is 0 Å². The molecule has 0 aromatic rings. The second-order valence-corrected chi connectivity index (χ2v) is 4.17. The van der Waals surface area contributed by atoms with Crippen molar-refractivity contribution >= 4 is 18.5 Å². The zero-order chi connectivity index (χ0) is 9.07.